The summed E-state index contributed by atoms with van der Waals surface area (Å²) in [5.41, 5.74) is 2.99. The summed E-state index contributed by atoms with van der Waals surface area (Å²) in [5, 5.41) is 12.6. The van der Waals surface area contributed by atoms with E-state index in [0.717, 1.165) is 22.9 Å². The molecule has 0 atom stereocenters. The molecule has 1 fully saturated rings. The molecule has 8 nitrogen and oxygen atoms in total. The number of carbonyl (C=O) groups excluding carboxylic acids is 2. The van der Waals surface area contributed by atoms with Gasteiger partial charge in [-0.25, -0.2) is 4.79 Å². The highest BCUT2D eigenvalue weighted by Crippen LogP contribution is 2.37. The van der Waals surface area contributed by atoms with Crippen LogP contribution in [0.15, 0.2) is 65.6 Å². The van der Waals surface area contributed by atoms with Gasteiger partial charge in [0, 0.05) is 30.8 Å². The van der Waals surface area contributed by atoms with Crippen LogP contribution in [0, 0.1) is 0 Å². The fourth-order valence-corrected chi connectivity index (χ4v) is 5.55. The molecular formula is C30H27Cl2N3O5S2. The van der Waals surface area contributed by atoms with Crippen molar-refractivity contribution in [1.82, 2.24) is 9.80 Å². The zero-order chi connectivity index (χ0) is 30.4. The van der Waals surface area contributed by atoms with Crippen LogP contribution >= 0.6 is 47.2 Å². The molecule has 42 heavy (non-hydrogen) atoms. The number of nitrogens with one attached hydrogen (secondary N) is 1. The number of amides is 2. The number of nitrogens with zero attached hydrogens (tertiary/aromatic N) is 2. The van der Waals surface area contributed by atoms with E-state index in [4.69, 9.17) is 45.3 Å². The van der Waals surface area contributed by atoms with E-state index in [2.05, 4.69) is 5.32 Å². The average molecular weight is 645 g/mol. The van der Waals surface area contributed by atoms with Crippen molar-refractivity contribution in [2.45, 2.75) is 6.42 Å². The Labute approximate surface area is 263 Å². The first-order valence-electron chi connectivity index (χ1n) is 12.8. The summed E-state index contributed by atoms with van der Waals surface area (Å²) in [4.78, 5) is 40.7. The Kier molecular flexibility index (Phi) is 10.6. The number of ether oxygens (including phenoxy) is 1. The minimum Gasteiger partial charge on any atom is -0.492 e. The summed E-state index contributed by atoms with van der Waals surface area (Å²) in [7, 11) is 3.91. The van der Waals surface area contributed by atoms with Gasteiger partial charge in [-0.15, -0.1) is 0 Å². The highest BCUT2D eigenvalue weighted by atomic mass is 35.5. The summed E-state index contributed by atoms with van der Waals surface area (Å²) < 4.78 is 6.40. The third-order valence-electron chi connectivity index (χ3n) is 6.20. The molecule has 0 unspecified atom stereocenters. The molecule has 218 valence electrons. The van der Waals surface area contributed by atoms with Crippen molar-refractivity contribution in [2.75, 3.05) is 39.1 Å². The molecule has 1 heterocycles. The maximum absolute atomic E-state index is 13.3. The lowest BCUT2D eigenvalue weighted by Gasteiger charge is -2.15. The number of carbonyl (C=O) groups is 3. The van der Waals surface area contributed by atoms with E-state index in [-0.39, 0.29) is 30.3 Å². The molecule has 0 spiro atoms. The number of carboxylic acids is 1. The van der Waals surface area contributed by atoms with Gasteiger partial charge in [0.15, 0.2) is 0 Å². The standard InChI is InChI=1S/C30H27Cl2N3O5S2/c1-34(2)13-14-40-25-10-6-19(20-5-9-23(31)24(32)16-20)15-21(25)17-26-28(37)35(30(41)42-26)12-11-27(36)33-22-7-3-18(4-8-22)29(38)39/h3-10,15-17H,11-14H2,1-2H3,(H,33,36)(H,38,39). The summed E-state index contributed by atoms with van der Waals surface area (Å²) in [6, 6.07) is 16.9. The largest absolute Gasteiger partial charge is 0.492 e. The number of likely N-dealkylation sites (N-methyl/N-ethyl adjacent to an activating group) is 1. The van der Waals surface area contributed by atoms with Crippen LogP contribution in [0.4, 0.5) is 5.69 Å². The van der Waals surface area contributed by atoms with Crippen LogP contribution in [-0.2, 0) is 9.59 Å². The van der Waals surface area contributed by atoms with Crippen LogP contribution in [0.2, 0.25) is 10.0 Å². The lowest BCUT2D eigenvalue weighted by Crippen LogP contribution is -2.31. The van der Waals surface area contributed by atoms with Gasteiger partial charge in [-0.1, -0.05) is 59.3 Å². The van der Waals surface area contributed by atoms with Crippen molar-refractivity contribution in [3.8, 4) is 16.9 Å². The van der Waals surface area contributed by atoms with Gasteiger partial charge in [-0.05, 0) is 79.8 Å². The van der Waals surface area contributed by atoms with Gasteiger partial charge in [0.05, 0.1) is 20.5 Å². The molecule has 4 rings (SSSR count). The van der Waals surface area contributed by atoms with Gasteiger partial charge in [-0.3, -0.25) is 14.5 Å². The summed E-state index contributed by atoms with van der Waals surface area (Å²) in [5.74, 6) is -1.08. The van der Waals surface area contributed by atoms with Crippen LogP contribution in [0.5, 0.6) is 5.75 Å². The Hall–Kier alpha value is -3.41. The molecule has 0 saturated carbocycles. The first-order valence-corrected chi connectivity index (χ1v) is 14.8. The normalized spacial score (nSPS) is 14.1. The summed E-state index contributed by atoms with van der Waals surface area (Å²) >= 11 is 19.0. The second-order valence-electron chi connectivity index (χ2n) is 9.55. The van der Waals surface area contributed by atoms with E-state index in [1.54, 1.807) is 18.2 Å². The van der Waals surface area contributed by atoms with Crippen molar-refractivity contribution in [3.63, 3.8) is 0 Å². The molecule has 3 aromatic rings. The maximum atomic E-state index is 13.3. The number of aromatic carboxylic acids is 1. The first kappa shape index (κ1) is 31.5. The SMILES string of the molecule is CN(C)CCOc1ccc(-c2ccc(Cl)c(Cl)c2)cc1C=C1SC(=S)N(CCC(=O)Nc2ccc(C(=O)O)cc2)C1=O. The number of anilines is 1. The maximum Gasteiger partial charge on any atom is 0.335 e. The smallest absolute Gasteiger partial charge is 0.335 e. The monoisotopic (exact) mass is 643 g/mol. The topological polar surface area (TPSA) is 99.2 Å². The lowest BCUT2D eigenvalue weighted by molar-refractivity contribution is -0.122. The van der Waals surface area contributed by atoms with Crippen molar-refractivity contribution < 1.29 is 24.2 Å². The van der Waals surface area contributed by atoms with Crippen molar-refractivity contribution >= 4 is 81.0 Å². The molecule has 0 aliphatic carbocycles. The minimum absolute atomic E-state index is 0.00606. The molecule has 0 aromatic heterocycles. The molecule has 1 aliphatic heterocycles. The van der Waals surface area contributed by atoms with Crippen molar-refractivity contribution in [3.05, 3.63) is 86.7 Å². The quantitative estimate of drug-likeness (QED) is 0.180. The van der Waals surface area contributed by atoms with Crippen LogP contribution < -0.4 is 10.1 Å². The van der Waals surface area contributed by atoms with Gasteiger partial charge < -0.3 is 20.1 Å². The van der Waals surface area contributed by atoms with E-state index >= 15 is 0 Å². The Morgan fingerprint density at radius 3 is 2.40 bits per heavy atom. The van der Waals surface area contributed by atoms with Gasteiger partial charge >= 0.3 is 5.97 Å². The highest BCUT2D eigenvalue weighted by molar-refractivity contribution is 8.26. The van der Waals surface area contributed by atoms with Crippen LogP contribution in [0.3, 0.4) is 0 Å². The zero-order valence-corrected chi connectivity index (χ0v) is 25.9. The second kappa shape index (κ2) is 14.2. The van der Waals surface area contributed by atoms with Gasteiger partial charge in [0.25, 0.3) is 5.91 Å². The molecule has 0 bridgehead atoms. The molecule has 1 saturated heterocycles. The van der Waals surface area contributed by atoms with Crippen molar-refractivity contribution in [2.24, 2.45) is 0 Å². The third kappa shape index (κ3) is 8.11. The molecule has 0 radical (unpaired) electrons. The second-order valence-corrected chi connectivity index (χ2v) is 12.0. The molecule has 2 N–H and O–H groups in total. The number of carboxylic acid groups (broad SMARTS) is 1. The third-order valence-corrected chi connectivity index (χ3v) is 8.31. The Balaban J connectivity index is 1.50. The van der Waals surface area contributed by atoms with Crippen LogP contribution in [0.1, 0.15) is 22.3 Å². The number of halogens is 2. The molecule has 3 aromatic carbocycles. The molecule has 1 aliphatic rings. The number of thioether (sulfide) groups is 1. The fourth-order valence-electron chi connectivity index (χ4n) is 3.95. The first-order chi connectivity index (χ1) is 20.0. The van der Waals surface area contributed by atoms with Crippen molar-refractivity contribution in [1.29, 1.82) is 0 Å². The van der Waals surface area contributed by atoms with Gasteiger partial charge in [0.2, 0.25) is 5.91 Å². The number of hydrogen-bond donors (Lipinski definition) is 2. The number of benzene rings is 3. The highest BCUT2D eigenvalue weighted by Gasteiger charge is 2.32. The van der Waals surface area contributed by atoms with E-state index in [1.165, 1.54) is 29.2 Å². The van der Waals surface area contributed by atoms with E-state index in [1.807, 2.05) is 43.3 Å². The van der Waals surface area contributed by atoms with Gasteiger partial charge in [-0.2, -0.15) is 0 Å². The van der Waals surface area contributed by atoms with Gasteiger partial charge in [0.1, 0.15) is 16.7 Å². The van der Waals surface area contributed by atoms with E-state index in [0.29, 0.717) is 49.4 Å². The Bertz CT molecular complexity index is 1560. The molecular weight excluding hydrogens is 617 g/mol. The van der Waals surface area contributed by atoms with E-state index < -0.39 is 5.97 Å². The Morgan fingerprint density at radius 2 is 1.74 bits per heavy atom. The number of hydrogen-bond acceptors (Lipinski definition) is 7. The number of rotatable bonds is 11. The van der Waals surface area contributed by atoms with E-state index in [9.17, 15) is 14.4 Å². The average Bonchev–Trinajstić information content (AvgIpc) is 3.21. The molecule has 12 heteroatoms. The van der Waals surface area contributed by atoms with Crippen LogP contribution in [-0.4, -0.2) is 70.8 Å². The number of thiocarbonyl (C=S) groups is 1. The minimum atomic E-state index is -1.05. The zero-order valence-electron chi connectivity index (χ0n) is 22.7. The Morgan fingerprint density at radius 1 is 1.05 bits per heavy atom. The predicted octanol–water partition coefficient (Wildman–Crippen LogP) is 6.53. The predicted molar refractivity (Wildman–Crippen MR) is 172 cm³/mol. The van der Waals surface area contributed by atoms with Crippen LogP contribution in [0.25, 0.3) is 17.2 Å². The fraction of sp³-hybridized carbons (Fsp3) is 0.200. The summed E-state index contributed by atoms with van der Waals surface area (Å²) in [6.45, 7) is 1.26. The molecule has 2 amide bonds. The lowest BCUT2D eigenvalue weighted by atomic mass is 10.0. The summed E-state index contributed by atoms with van der Waals surface area (Å²) in [6.07, 6.45) is 1.75.